The van der Waals surface area contributed by atoms with Crippen LogP contribution in [0.1, 0.15) is 30.0 Å². The molecule has 0 amide bonds. The summed E-state index contributed by atoms with van der Waals surface area (Å²) < 4.78 is 28.3. The van der Waals surface area contributed by atoms with E-state index in [0.717, 1.165) is 11.5 Å². The molecule has 2 aliphatic heterocycles. The highest BCUT2D eigenvalue weighted by atomic mass is 32.2. The zero-order valence-electron chi connectivity index (χ0n) is 10.7. The first-order valence-corrected chi connectivity index (χ1v) is 9.35. The first kappa shape index (κ1) is 13.4. The Morgan fingerprint density at radius 2 is 2.26 bits per heavy atom. The summed E-state index contributed by atoms with van der Waals surface area (Å²) in [5.74, 6) is 3.73. The quantitative estimate of drug-likeness (QED) is 0.864. The lowest BCUT2D eigenvalue weighted by atomic mass is 10.0. The first-order chi connectivity index (χ1) is 9.09. The Labute approximate surface area is 116 Å². The van der Waals surface area contributed by atoms with Gasteiger partial charge in [-0.25, -0.2) is 8.42 Å². The number of hydrogen-bond acceptors (Lipinski definition) is 7. The van der Waals surface area contributed by atoms with Crippen molar-refractivity contribution in [3.8, 4) is 0 Å². The van der Waals surface area contributed by atoms with Crippen LogP contribution in [0.5, 0.6) is 0 Å². The second-order valence-electron chi connectivity index (χ2n) is 5.13. The molecule has 0 saturated carbocycles. The summed E-state index contributed by atoms with van der Waals surface area (Å²) in [6.07, 6.45) is 0.607. The Morgan fingerprint density at radius 1 is 1.42 bits per heavy atom. The van der Waals surface area contributed by atoms with E-state index in [9.17, 15) is 8.42 Å². The molecule has 1 aromatic rings. The van der Waals surface area contributed by atoms with Crippen LogP contribution in [0.15, 0.2) is 4.52 Å². The molecule has 6 nitrogen and oxygen atoms in total. The molecule has 3 rings (SSSR count). The number of hydrogen-bond donors (Lipinski definition) is 1. The average Bonchev–Trinajstić information content (AvgIpc) is 3.05. The Hall–Kier alpha value is -0.600. The van der Waals surface area contributed by atoms with E-state index >= 15 is 0 Å². The van der Waals surface area contributed by atoms with Gasteiger partial charge in [0.25, 0.3) is 0 Å². The van der Waals surface area contributed by atoms with Gasteiger partial charge < -0.3 is 9.84 Å². The number of likely N-dealkylation sites (N-methyl/N-ethyl adjacent to an activating group) is 1. The molecule has 106 valence electrons. The molecule has 1 aromatic heterocycles. The van der Waals surface area contributed by atoms with Crippen LogP contribution < -0.4 is 5.32 Å². The van der Waals surface area contributed by atoms with Crippen LogP contribution in [0.4, 0.5) is 0 Å². The lowest BCUT2D eigenvalue weighted by Crippen LogP contribution is -2.31. The fraction of sp³-hybridized carbons (Fsp3) is 0.818. The van der Waals surface area contributed by atoms with Gasteiger partial charge >= 0.3 is 0 Å². The number of rotatable bonds is 3. The van der Waals surface area contributed by atoms with Crippen molar-refractivity contribution in [3.63, 3.8) is 0 Å². The molecule has 2 aliphatic rings. The third-order valence-corrected chi connectivity index (χ3v) is 6.78. The van der Waals surface area contributed by atoms with Crippen LogP contribution in [-0.4, -0.2) is 54.7 Å². The molecule has 2 saturated heterocycles. The molecule has 2 fully saturated rings. The largest absolute Gasteiger partial charge is 0.339 e. The summed E-state index contributed by atoms with van der Waals surface area (Å²) in [4.78, 5) is 4.44. The molecule has 0 radical (unpaired) electrons. The molecule has 1 N–H and O–H groups in total. The number of sulfone groups is 1. The van der Waals surface area contributed by atoms with E-state index in [2.05, 4.69) is 15.5 Å². The van der Waals surface area contributed by atoms with Crippen molar-refractivity contribution in [1.29, 1.82) is 0 Å². The minimum absolute atomic E-state index is 0.0930. The van der Waals surface area contributed by atoms with Crippen LogP contribution in [0.3, 0.4) is 0 Å². The van der Waals surface area contributed by atoms with Crippen LogP contribution in [0, 0.1) is 0 Å². The van der Waals surface area contributed by atoms with E-state index in [-0.39, 0.29) is 23.3 Å². The average molecular weight is 303 g/mol. The van der Waals surface area contributed by atoms with Crippen LogP contribution in [0.25, 0.3) is 0 Å². The van der Waals surface area contributed by atoms with E-state index in [0.29, 0.717) is 24.2 Å². The van der Waals surface area contributed by atoms with Gasteiger partial charge in [0.2, 0.25) is 5.89 Å². The van der Waals surface area contributed by atoms with Crippen molar-refractivity contribution in [3.05, 3.63) is 11.7 Å². The molecule has 0 spiro atoms. The molecule has 0 aliphatic carbocycles. The van der Waals surface area contributed by atoms with Crippen LogP contribution >= 0.6 is 11.8 Å². The van der Waals surface area contributed by atoms with Gasteiger partial charge in [-0.15, -0.1) is 0 Å². The standard InChI is InChI=1S/C11H17N3O3S2/c1-12-9-5-18-4-8(9)11-13-10(14-17-11)7-2-3-19(15,16)6-7/h7-9,12H,2-6H2,1H3. The molecule has 19 heavy (non-hydrogen) atoms. The van der Waals surface area contributed by atoms with Gasteiger partial charge in [-0.3, -0.25) is 0 Å². The number of thioether (sulfide) groups is 1. The van der Waals surface area contributed by atoms with Crippen LogP contribution in [0.2, 0.25) is 0 Å². The fourth-order valence-electron chi connectivity index (χ4n) is 2.64. The summed E-state index contributed by atoms with van der Waals surface area (Å²) >= 11 is 1.86. The number of aromatic nitrogens is 2. The summed E-state index contributed by atoms with van der Waals surface area (Å²) in [5.41, 5.74) is 0. The molecular weight excluding hydrogens is 286 g/mol. The zero-order valence-corrected chi connectivity index (χ0v) is 12.3. The Morgan fingerprint density at radius 3 is 2.95 bits per heavy atom. The predicted molar refractivity (Wildman–Crippen MR) is 73.2 cm³/mol. The highest BCUT2D eigenvalue weighted by Crippen LogP contribution is 2.33. The molecule has 3 atom stereocenters. The normalized spacial score (nSPS) is 33.8. The molecule has 0 aromatic carbocycles. The molecule has 0 bridgehead atoms. The van der Waals surface area contributed by atoms with Gasteiger partial charge in [-0.05, 0) is 13.5 Å². The number of nitrogens with one attached hydrogen (secondary N) is 1. The topological polar surface area (TPSA) is 85.1 Å². The zero-order chi connectivity index (χ0) is 13.5. The van der Waals surface area contributed by atoms with E-state index in [1.54, 1.807) is 0 Å². The Balaban J connectivity index is 1.77. The van der Waals surface area contributed by atoms with E-state index < -0.39 is 9.84 Å². The van der Waals surface area contributed by atoms with Crippen molar-refractivity contribution in [1.82, 2.24) is 15.5 Å². The lowest BCUT2D eigenvalue weighted by Gasteiger charge is -2.13. The lowest BCUT2D eigenvalue weighted by molar-refractivity contribution is 0.339. The van der Waals surface area contributed by atoms with Gasteiger partial charge in [0.1, 0.15) is 0 Å². The van der Waals surface area contributed by atoms with Crippen molar-refractivity contribution in [2.24, 2.45) is 0 Å². The van der Waals surface area contributed by atoms with Crippen LogP contribution in [-0.2, 0) is 9.84 Å². The van der Waals surface area contributed by atoms with Gasteiger partial charge in [-0.2, -0.15) is 16.7 Å². The summed E-state index contributed by atoms with van der Waals surface area (Å²) in [5, 5.41) is 7.25. The minimum atomic E-state index is -2.91. The first-order valence-electron chi connectivity index (χ1n) is 6.38. The summed E-state index contributed by atoms with van der Waals surface area (Å²) in [6.45, 7) is 0. The van der Waals surface area contributed by atoms with Crippen molar-refractivity contribution in [2.45, 2.75) is 24.3 Å². The smallest absolute Gasteiger partial charge is 0.232 e. The second-order valence-corrected chi connectivity index (χ2v) is 8.43. The van der Waals surface area contributed by atoms with Gasteiger partial charge in [0.15, 0.2) is 15.7 Å². The second kappa shape index (κ2) is 5.06. The Kier molecular flexibility index (Phi) is 3.57. The van der Waals surface area contributed by atoms with Crippen molar-refractivity contribution < 1.29 is 12.9 Å². The maximum atomic E-state index is 11.5. The van der Waals surface area contributed by atoms with Gasteiger partial charge in [0, 0.05) is 23.5 Å². The molecule has 8 heteroatoms. The Bertz CT molecular complexity index is 557. The van der Waals surface area contributed by atoms with E-state index in [4.69, 9.17) is 4.52 Å². The summed E-state index contributed by atoms with van der Waals surface area (Å²) in [7, 11) is -0.972. The van der Waals surface area contributed by atoms with Crippen molar-refractivity contribution in [2.75, 3.05) is 30.1 Å². The predicted octanol–water partition coefficient (Wildman–Crippen LogP) is 0.390. The fourth-order valence-corrected chi connectivity index (χ4v) is 5.80. The third-order valence-electron chi connectivity index (χ3n) is 3.82. The molecule has 3 unspecified atom stereocenters. The van der Waals surface area contributed by atoms with Crippen molar-refractivity contribution >= 4 is 21.6 Å². The SMILES string of the molecule is CNC1CSCC1c1nc(C2CCS(=O)(=O)C2)no1. The van der Waals surface area contributed by atoms with Gasteiger partial charge in [-0.1, -0.05) is 5.16 Å². The monoisotopic (exact) mass is 303 g/mol. The summed E-state index contributed by atoms with van der Waals surface area (Å²) in [6, 6.07) is 0.352. The van der Waals surface area contributed by atoms with Gasteiger partial charge in [0.05, 0.1) is 17.4 Å². The highest BCUT2D eigenvalue weighted by molar-refractivity contribution is 7.99. The molecule has 3 heterocycles. The van der Waals surface area contributed by atoms with E-state index in [1.165, 1.54) is 0 Å². The number of nitrogens with zero attached hydrogens (tertiary/aromatic N) is 2. The third kappa shape index (κ3) is 2.66. The highest BCUT2D eigenvalue weighted by Gasteiger charge is 2.36. The maximum Gasteiger partial charge on any atom is 0.232 e. The maximum absolute atomic E-state index is 11.5. The van der Waals surface area contributed by atoms with E-state index in [1.807, 2.05) is 18.8 Å². The minimum Gasteiger partial charge on any atom is -0.339 e. The molecular formula is C11H17N3O3S2.